The Bertz CT molecular complexity index is 544. The second-order valence-corrected chi connectivity index (χ2v) is 5.04. The molecule has 1 atom stereocenters. The molecule has 0 saturated carbocycles. The molecule has 0 saturated heterocycles. The van der Waals surface area contributed by atoms with Crippen molar-refractivity contribution in [3.8, 4) is 0 Å². The van der Waals surface area contributed by atoms with E-state index in [1.807, 2.05) is 29.5 Å². The van der Waals surface area contributed by atoms with Crippen molar-refractivity contribution < 1.29 is 9.50 Å². The summed E-state index contributed by atoms with van der Waals surface area (Å²) in [6.45, 7) is 2.68. The van der Waals surface area contributed by atoms with Crippen molar-refractivity contribution in [1.29, 1.82) is 0 Å². The second kappa shape index (κ2) is 5.75. The molecule has 1 aromatic carbocycles. The molecule has 0 aliphatic rings. The maximum Gasteiger partial charge on any atom is 0.138 e. The molecule has 0 aliphatic heterocycles. The number of nitrogens with zero attached hydrogens (tertiary/aromatic N) is 3. The van der Waals surface area contributed by atoms with Crippen LogP contribution in [0.5, 0.6) is 0 Å². The van der Waals surface area contributed by atoms with Gasteiger partial charge in [0.1, 0.15) is 18.0 Å². The summed E-state index contributed by atoms with van der Waals surface area (Å²) >= 11 is 2.02. The van der Waals surface area contributed by atoms with Crippen LogP contribution in [0.2, 0.25) is 0 Å². The number of benzene rings is 1. The van der Waals surface area contributed by atoms with Crippen LogP contribution >= 0.6 is 22.6 Å². The average Bonchev–Trinajstić information content (AvgIpc) is 2.76. The number of halogens is 2. The molecular formula is C12H13FIN3O. The fourth-order valence-corrected chi connectivity index (χ4v) is 2.60. The monoisotopic (exact) mass is 361 g/mol. The number of aryl methyl sites for hydroxylation is 1. The Labute approximate surface area is 118 Å². The van der Waals surface area contributed by atoms with Crippen LogP contribution in [0.15, 0.2) is 24.5 Å². The fraction of sp³-hybridized carbons (Fsp3) is 0.333. The molecule has 1 unspecified atom stereocenters. The quantitative estimate of drug-likeness (QED) is 0.851. The summed E-state index contributed by atoms with van der Waals surface area (Å²) in [6.07, 6.45) is 1.14. The van der Waals surface area contributed by atoms with Gasteiger partial charge in [-0.25, -0.2) is 9.37 Å². The summed E-state index contributed by atoms with van der Waals surface area (Å²) in [5, 5.41) is 14.2. The molecule has 96 valence electrons. The Balaban J connectivity index is 2.19. The molecule has 1 aromatic heterocycles. The van der Waals surface area contributed by atoms with Gasteiger partial charge in [0.2, 0.25) is 0 Å². The van der Waals surface area contributed by atoms with Crippen molar-refractivity contribution >= 4 is 22.6 Å². The van der Waals surface area contributed by atoms with Crippen molar-refractivity contribution in [3.05, 3.63) is 45.3 Å². The van der Waals surface area contributed by atoms with E-state index in [0.29, 0.717) is 22.1 Å². The van der Waals surface area contributed by atoms with Gasteiger partial charge in [-0.1, -0.05) is 6.07 Å². The summed E-state index contributed by atoms with van der Waals surface area (Å²) < 4.78 is 15.4. The van der Waals surface area contributed by atoms with E-state index in [4.69, 9.17) is 0 Å². The van der Waals surface area contributed by atoms with Gasteiger partial charge in [-0.05, 0) is 47.2 Å². The Morgan fingerprint density at radius 3 is 2.94 bits per heavy atom. The minimum Gasteiger partial charge on any atom is -0.388 e. The highest BCUT2D eigenvalue weighted by molar-refractivity contribution is 14.1. The van der Waals surface area contributed by atoms with E-state index in [1.54, 1.807) is 10.7 Å². The van der Waals surface area contributed by atoms with Gasteiger partial charge in [0, 0.05) is 16.5 Å². The molecule has 0 bridgehead atoms. The van der Waals surface area contributed by atoms with E-state index < -0.39 is 6.10 Å². The number of aromatic nitrogens is 3. The van der Waals surface area contributed by atoms with Crippen LogP contribution in [-0.2, 0) is 13.0 Å². The number of hydrogen-bond acceptors (Lipinski definition) is 3. The van der Waals surface area contributed by atoms with Crippen LogP contribution in [0.1, 0.15) is 24.4 Å². The van der Waals surface area contributed by atoms with E-state index in [1.165, 1.54) is 18.5 Å². The fourth-order valence-electron chi connectivity index (χ4n) is 1.76. The highest BCUT2D eigenvalue weighted by Crippen LogP contribution is 2.23. The SMILES string of the molecule is CCn1ncnc1CC(O)c1ccc(F)cc1I. The molecule has 0 spiro atoms. The molecule has 1 heterocycles. The number of aliphatic hydroxyl groups excluding tert-OH is 1. The third-order valence-corrected chi connectivity index (χ3v) is 3.63. The Kier molecular flexibility index (Phi) is 4.28. The molecule has 0 fully saturated rings. The lowest BCUT2D eigenvalue weighted by Crippen LogP contribution is -2.10. The van der Waals surface area contributed by atoms with Crippen molar-refractivity contribution in [2.75, 3.05) is 0 Å². The number of rotatable bonds is 4. The van der Waals surface area contributed by atoms with Crippen molar-refractivity contribution in [3.63, 3.8) is 0 Å². The van der Waals surface area contributed by atoms with Gasteiger partial charge in [0.05, 0.1) is 6.10 Å². The maximum absolute atomic E-state index is 13.0. The topological polar surface area (TPSA) is 50.9 Å². The molecule has 6 heteroatoms. The van der Waals surface area contributed by atoms with Crippen LogP contribution in [0.25, 0.3) is 0 Å². The van der Waals surface area contributed by atoms with Crippen LogP contribution in [0.3, 0.4) is 0 Å². The molecule has 4 nitrogen and oxygen atoms in total. The lowest BCUT2D eigenvalue weighted by atomic mass is 10.1. The highest BCUT2D eigenvalue weighted by Gasteiger charge is 2.15. The molecular weight excluding hydrogens is 348 g/mol. The predicted octanol–water partition coefficient (Wildman–Crippen LogP) is 2.32. The second-order valence-electron chi connectivity index (χ2n) is 3.88. The Morgan fingerprint density at radius 2 is 2.28 bits per heavy atom. The first-order valence-electron chi connectivity index (χ1n) is 5.61. The van der Waals surface area contributed by atoms with Gasteiger partial charge in [0.15, 0.2) is 0 Å². The summed E-state index contributed by atoms with van der Waals surface area (Å²) in [6, 6.07) is 4.36. The summed E-state index contributed by atoms with van der Waals surface area (Å²) in [7, 11) is 0. The standard InChI is InChI=1S/C12H13FIN3O/c1-2-17-12(15-7-16-17)6-11(18)9-4-3-8(13)5-10(9)14/h3-5,7,11,18H,2,6H2,1H3. The van der Waals surface area contributed by atoms with Gasteiger partial charge < -0.3 is 5.11 Å². The summed E-state index contributed by atoms with van der Waals surface area (Å²) in [4.78, 5) is 4.12. The highest BCUT2D eigenvalue weighted by atomic mass is 127. The Hall–Kier alpha value is -1.02. The lowest BCUT2D eigenvalue weighted by molar-refractivity contribution is 0.173. The normalized spacial score (nSPS) is 12.7. The molecule has 2 aromatic rings. The first-order valence-corrected chi connectivity index (χ1v) is 6.69. The van der Waals surface area contributed by atoms with E-state index in [9.17, 15) is 9.50 Å². The zero-order valence-corrected chi connectivity index (χ0v) is 12.0. The van der Waals surface area contributed by atoms with E-state index in [0.717, 1.165) is 5.82 Å². The largest absolute Gasteiger partial charge is 0.388 e. The Morgan fingerprint density at radius 1 is 1.50 bits per heavy atom. The van der Waals surface area contributed by atoms with Crippen molar-refractivity contribution in [2.24, 2.45) is 0 Å². The van der Waals surface area contributed by atoms with Crippen LogP contribution in [-0.4, -0.2) is 19.9 Å². The van der Waals surface area contributed by atoms with Crippen LogP contribution in [0.4, 0.5) is 4.39 Å². The maximum atomic E-state index is 13.0. The van der Waals surface area contributed by atoms with Gasteiger partial charge in [-0.2, -0.15) is 5.10 Å². The molecule has 0 amide bonds. The van der Waals surface area contributed by atoms with Gasteiger partial charge >= 0.3 is 0 Å². The summed E-state index contributed by atoms with van der Waals surface area (Å²) in [5.74, 6) is 0.428. The number of aliphatic hydroxyl groups is 1. The molecule has 18 heavy (non-hydrogen) atoms. The average molecular weight is 361 g/mol. The van der Waals surface area contributed by atoms with Gasteiger partial charge in [-0.15, -0.1) is 0 Å². The van der Waals surface area contributed by atoms with E-state index in [2.05, 4.69) is 10.1 Å². The minimum atomic E-state index is -0.702. The molecule has 1 N–H and O–H groups in total. The lowest BCUT2D eigenvalue weighted by Gasteiger charge is -2.12. The molecule has 2 rings (SSSR count). The third-order valence-electron chi connectivity index (χ3n) is 2.69. The minimum absolute atomic E-state index is 0.299. The smallest absolute Gasteiger partial charge is 0.138 e. The van der Waals surface area contributed by atoms with Crippen LogP contribution in [0, 0.1) is 9.39 Å². The van der Waals surface area contributed by atoms with Crippen LogP contribution < -0.4 is 0 Å². The summed E-state index contributed by atoms with van der Waals surface area (Å²) in [5.41, 5.74) is 0.711. The molecule has 0 radical (unpaired) electrons. The first kappa shape index (κ1) is 13.4. The number of hydrogen-bond donors (Lipinski definition) is 1. The van der Waals surface area contributed by atoms with E-state index in [-0.39, 0.29) is 5.82 Å². The van der Waals surface area contributed by atoms with Crippen molar-refractivity contribution in [2.45, 2.75) is 26.0 Å². The van der Waals surface area contributed by atoms with Gasteiger partial charge in [0.25, 0.3) is 0 Å². The molecule has 0 aliphatic carbocycles. The zero-order chi connectivity index (χ0) is 13.1. The predicted molar refractivity (Wildman–Crippen MR) is 73.5 cm³/mol. The third kappa shape index (κ3) is 2.86. The van der Waals surface area contributed by atoms with E-state index >= 15 is 0 Å². The first-order chi connectivity index (χ1) is 8.61. The van der Waals surface area contributed by atoms with Gasteiger partial charge in [-0.3, -0.25) is 4.68 Å². The van der Waals surface area contributed by atoms with Crippen molar-refractivity contribution in [1.82, 2.24) is 14.8 Å². The zero-order valence-electron chi connectivity index (χ0n) is 9.85.